The van der Waals surface area contributed by atoms with Crippen LogP contribution in [0.4, 0.5) is 8.78 Å². The quantitative estimate of drug-likeness (QED) is 0.697. The van der Waals surface area contributed by atoms with Crippen LogP contribution in [0.1, 0.15) is 15.9 Å². The first-order valence-corrected chi connectivity index (χ1v) is 9.35. The molecule has 1 aliphatic heterocycles. The summed E-state index contributed by atoms with van der Waals surface area (Å²) in [5.41, 5.74) is 1.17. The van der Waals surface area contributed by atoms with Gasteiger partial charge in [-0.15, -0.1) is 0 Å². The van der Waals surface area contributed by atoms with Crippen LogP contribution in [0.25, 0.3) is 0 Å². The number of rotatable bonds is 7. The number of nitrogens with one attached hydrogen (secondary N) is 2. The number of ether oxygens (including phenoxy) is 1. The van der Waals surface area contributed by atoms with Crippen LogP contribution in [0.5, 0.6) is 5.75 Å². The average Bonchev–Trinajstić information content (AvgIpc) is 2.73. The number of quaternary nitrogens is 1. The zero-order valence-corrected chi connectivity index (χ0v) is 15.8. The van der Waals surface area contributed by atoms with E-state index >= 15 is 0 Å². The predicted molar refractivity (Wildman–Crippen MR) is 101 cm³/mol. The monoisotopic (exact) mass is 405 g/mol. The third-order valence-electron chi connectivity index (χ3n) is 4.77. The number of carbonyl (C=O) groups excluding carboxylic acids is 2. The molecule has 2 heterocycles. The van der Waals surface area contributed by atoms with Crippen LogP contribution < -0.4 is 15.0 Å². The third kappa shape index (κ3) is 5.95. The minimum atomic E-state index is -3.03. The first-order chi connectivity index (χ1) is 14.0. The molecule has 3 rings (SSSR count). The van der Waals surface area contributed by atoms with Gasteiger partial charge < -0.3 is 19.9 Å². The standard InChI is InChI=1S/C20H22F2N4O3/c21-20(22)29-17-4-2-1-3-16(17)19(28)24-13-18(27)26-11-9-25(10-12-26)14-15-5-7-23-8-6-15/h1-8,20H,9-14H2,(H,24,28)/p+1. The minimum absolute atomic E-state index is 0.0350. The number of benzene rings is 1. The number of aromatic nitrogens is 1. The molecule has 1 aromatic heterocycles. The van der Waals surface area contributed by atoms with Crippen LogP contribution >= 0.6 is 0 Å². The molecule has 0 saturated carbocycles. The van der Waals surface area contributed by atoms with Crippen molar-refractivity contribution in [3.63, 3.8) is 0 Å². The van der Waals surface area contributed by atoms with Gasteiger partial charge in [-0.3, -0.25) is 14.6 Å². The van der Waals surface area contributed by atoms with Crippen LogP contribution in [-0.4, -0.2) is 61.0 Å². The largest absolute Gasteiger partial charge is 0.434 e. The van der Waals surface area contributed by atoms with Gasteiger partial charge in [-0.2, -0.15) is 8.78 Å². The summed E-state index contributed by atoms with van der Waals surface area (Å²) < 4.78 is 29.3. The highest BCUT2D eigenvalue weighted by Crippen LogP contribution is 2.19. The first kappa shape index (κ1) is 20.7. The molecule has 1 aliphatic rings. The maximum Gasteiger partial charge on any atom is 0.387 e. The van der Waals surface area contributed by atoms with E-state index in [1.165, 1.54) is 28.7 Å². The van der Waals surface area contributed by atoms with Gasteiger partial charge in [0.2, 0.25) is 5.91 Å². The average molecular weight is 405 g/mol. The molecule has 0 atom stereocenters. The molecule has 154 valence electrons. The van der Waals surface area contributed by atoms with E-state index in [9.17, 15) is 18.4 Å². The normalized spacial score (nSPS) is 14.7. The van der Waals surface area contributed by atoms with Gasteiger partial charge in [0.1, 0.15) is 12.3 Å². The summed E-state index contributed by atoms with van der Waals surface area (Å²) in [6, 6.07) is 9.66. The van der Waals surface area contributed by atoms with Crippen LogP contribution in [0.3, 0.4) is 0 Å². The summed E-state index contributed by atoms with van der Waals surface area (Å²) in [5.74, 6) is -1.05. The molecule has 29 heavy (non-hydrogen) atoms. The van der Waals surface area contributed by atoms with Crippen molar-refractivity contribution in [2.45, 2.75) is 13.2 Å². The Balaban J connectivity index is 1.46. The zero-order chi connectivity index (χ0) is 20.6. The fourth-order valence-electron chi connectivity index (χ4n) is 3.25. The van der Waals surface area contributed by atoms with Crippen LogP contribution in [0.15, 0.2) is 48.8 Å². The van der Waals surface area contributed by atoms with E-state index in [1.54, 1.807) is 23.4 Å². The molecule has 0 unspecified atom stereocenters. The van der Waals surface area contributed by atoms with Crippen LogP contribution in [-0.2, 0) is 11.3 Å². The number of nitrogens with zero attached hydrogens (tertiary/aromatic N) is 2. The van der Waals surface area contributed by atoms with E-state index in [1.807, 2.05) is 12.1 Å². The maximum atomic E-state index is 12.5. The Labute approximate surface area is 167 Å². The van der Waals surface area contributed by atoms with Crippen molar-refractivity contribution in [2.75, 3.05) is 32.7 Å². The van der Waals surface area contributed by atoms with Gasteiger partial charge in [0, 0.05) is 18.0 Å². The van der Waals surface area contributed by atoms with E-state index in [0.29, 0.717) is 13.1 Å². The van der Waals surface area contributed by atoms with Gasteiger partial charge in [0.05, 0.1) is 38.3 Å². The molecule has 0 aliphatic carbocycles. The number of pyridine rings is 1. The lowest BCUT2D eigenvalue weighted by atomic mass is 10.2. The Hall–Kier alpha value is -3.07. The Bertz CT molecular complexity index is 827. The Morgan fingerprint density at radius 2 is 1.83 bits per heavy atom. The number of hydrogen-bond donors (Lipinski definition) is 2. The Kier molecular flexibility index (Phi) is 7.07. The lowest BCUT2D eigenvalue weighted by Crippen LogP contribution is -3.13. The highest BCUT2D eigenvalue weighted by atomic mass is 19.3. The number of halogens is 2. The minimum Gasteiger partial charge on any atom is -0.434 e. The topological polar surface area (TPSA) is 76.0 Å². The van der Waals surface area contributed by atoms with Crippen molar-refractivity contribution in [2.24, 2.45) is 0 Å². The van der Waals surface area contributed by atoms with E-state index in [4.69, 9.17) is 0 Å². The number of para-hydroxylation sites is 1. The van der Waals surface area contributed by atoms with Crippen LogP contribution in [0.2, 0.25) is 0 Å². The molecule has 2 aromatic rings. The molecule has 7 nitrogen and oxygen atoms in total. The summed E-state index contributed by atoms with van der Waals surface area (Å²) in [6.45, 7) is 0.473. The summed E-state index contributed by atoms with van der Waals surface area (Å²) >= 11 is 0. The molecule has 0 radical (unpaired) electrons. The zero-order valence-electron chi connectivity index (χ0n) is 15.8. The van der Waals surface area contributed by atoms with Gasteiger partial charge in [0.15, 0.2) is 0 Å². The predicted octanol–water partition coefficient (Wildman–Crippen LogP) is 0.340. The lowest BCUT2D eigenvalue weighted by Gasteiger charge is -2.32. The number of carbonyl (C=O) groups is 2. The van der Waals surface area contributed by atoms with E-state index in [0.717, 1.165) is 19.6 Å². The highest BCUT2D eigenvalue weighted by Gasteiger charge is 2.24. The highest BCUT2D eigenvalue weighted by molar-refractivity contribution is 5.98. The van der Waals surface area contributed by atoms with Crippen molar-refractivity contribution in [1.29, 1.82) is 0 Å². The van der Waals surface area contributed by atoms with E-state index in [2.05, 4.69) is 15.0 Å². The first-order valence-electron chi connectivity index (χ1n) is 9.35. The molecular weight excluding hydrogens is 382 g/mol. The smallest absolute Gasteiger partial charge is 0.387 e. The summed E-state index contributed by atoms with van der Waals surface area (Å²) in [5, 5.41) is 2.49. The van der Waals surface area contributed by atoms with Crippen molar-refractivity contribution in [1.82, 2.24) is 15.2 Å². The van der Waals surface area contributed by atoms with Crippen molar-refractivity contribution >= 4 is 11.8 Å². The second-order valence-corrected chi connectivity index (χ2v) is 6.72. The van der Waals surface area contributed by atoms with Crippen molar-refractivity contribution in [3.05, 3.63) is 59.9 Å². The Morgan fingerprint density at radius 1 is 1.14 bits per heavy atom. The van der Waals surface area contributed by atoms with Gasteiger partial charge in [-0.1, -0.05) is 12.1 Å². The SMILES string of the molecule is O=C(NCC(=O)N1CC[NH+](Cc2ccncc2)CC1)c1ccccc1OC(F)F. The molecule has 1 saturated heterocycles. The molecule has 1 fully saturated rings. The number of hydrogen-bond acceptors (Lipinski definition) is 4. The summed E-state index contributed by atoms with van der Waals surface area (Å²) in [6.07, 6.45) is 3.53. The molecule has 2 amide bonds. The maximum absolute atomic E-state index is 12.5. The molecule has 9 heteroatoms. The second kappa shape index (κ2) is 9.92. The van der Waals surface area contributed by atoms with Crippen molar-refractivity contribution in [3.8, 4) is 5.75 Å². The number of alkyl halides is 2. The molecule has 1 aromatic carbocycles. The fourth-order valence-corrected chi connectivity index (χ4v) is 3.25. The van der Waals surface area contributed by atoms with Gasteiger partial charge in [0.25, 0.3) is 5.91 Å². The molecule has 0 bridgehead atoms. The van der Waals surface area contributed by atoms with Crippen LogP contribution in [0, 0.1) is 0 Å². The van der Waals surface area contributed by atoms with E-state index in [-0.39, 0.29) is 23.8 Å². The van der Waals surface area contributed by atoms with Gasteiger partial charge in [-0.05, 0) is 24.3 Å². The summed E-state index contributed by atoms with van der Waals surface area (Å²) in [7, 11) is 0. The lowest BCUT2D eigenvalue weighted by molar-refractivity contribution is -0.917. The van der Waals surface area contributed by atoms with Gasteiger partial charge in [-0.25, -0.2) is 0 Å². The third-order valence-corrected chi connectivity index (χ3v) is 4.77. The second-order valence-electron chi connectivity index (χ2n) is 6.72. The number of amides is 2. The number of piperazine rings is 1. The van der Waals surface area contributed by atoms with Gasteiger partial charge >= 0.3 is 6.61 Å². The molecular formula is C20H23F2N4O3+. The fraction of sp³-hybridized carbons (Fsp3) is 0.350. The molecule has 0 spiro atoms. The summed E-state index contributed by atoms with van der Waals surface area (Å²) in [4.78, 5) is 31.8. The van der Waals surface area contributed by atoms with E-state index < -0.39 is 12.5 Å². The van der Waals surface area contributed by atoms with Crippen molar-refractivity contribution < 1.29 is 28.0 Å². The molecule has 2 N–H and O–H groups in total. The Morgan fingerprint density at radius 3 is 2.52 bits per heavy atom.